The SMILES string of the molecule is CCC(CS)(CC(=O)O)C(=O)O. The molecule has 0 aromatic heterocycles. The summed E-state index contributed by atoms with van der Waals surface area (Å²) in [6.07, 6.45) is -0.0968. The molecule has 0 heterocycles. The van der Waals surface area contributed by atoms with Gasteiger partial charge in [-0.1, -0.05) is 6.92 Å². The zero-order chi connectivity index (χ0) is 9.78. The fourth-order valence-corrected chi connectivity index (χ4v) is 1.35. The second-order valence-electron chi connectivity index (χ2n) is 2.67. The van der Waals surface area contributed by atoms with Crippen molar-refractivity contribution < 1.29 is 19.8 Å². The fraction of sp³-hybridized carbons (Fsp3) is 0.714. The fourth-order valence-electron chi connectivity index (χ4n) is 0.877. The topological polar surface area (TPSA) is 74.6 Å². The van der Waals surface area contributed by atoms with Crippen LogP contribution in [0, 0.1) is 5.41 Å². The molecule has 0 radical (unpaired) electrons. The van der Waals surface area contributed by atoms with Crippen LogP contribution in [0.4, 0.5) is 0 Å². The molecule has 70 valence electrons. The molecule has 5 heteroatoms. The third kappa shape index (κ3) is 2.41. The van der Waals surface area contributed by atoms with Crippen molar-refractivity contribution in [2.45, 2.75) is 19.8 Å². The first-order chi connectivity index (χ1) is 5.48. The van der Waals surface area contributed by atoms with Gasteiger partial charge in [0.05, 0.1) is 11.8 Å². The molecule has 0 aliphatic rings. The molecule has 0 saturated heterocycles. The summed E-state index contributed by atoms with van der Waals surface area (Å²) in [4.78, 5) is 21.0. The highest BCUT2D eigenvalue weighted by Gasteiger charge is 2.37. The molecular weight excluding hydrogens is 180 g/mol. The van der Waals surface area contributed by atoms with Crippen LogP contribution in [0.3, 0.4) is 0 Å². The van der Waals surface area contributed by atoms with Crippen molar-refractivity contribution in [2.24, 2.45) is 5.41 Å². The number of hydrogen-bond acceptors (Lipinski definition) is 3. The lowest BCUT2D eigenvalue weighted by Gasteiger charge is -2.23. The summed E-state index contributed by atoms with van der Waals surface area (Å²) in [6.45, 7) is 1.65. The molecule has 12 heavy (non-hydrogen) atoms. The average molecular weight is 192 g/mol. The van der Waals surface area contributed by atoms with E-state index >= 15 is 0 Å². The molecular formula is C7H12O4S. The Kier molecular flexibility index (Phi) is 4.09. The average Bonchev–Trinajstić information content (AvgIpc) is 1.99. The quantitative estimate of drug-likeness (QED) is 0.565. The summed E-state index contributed by atoms with van der Waals surface area (Å²) >= 11 is 3.85. The van der Waals surface area contributed by atoms with E-state index in [1.54, 1.807) is 6.92 Å². The highest BCUT2D eigenvalue weighted by atomic mass is 32.1. The van der Waals surface area contributed by atoms with Crippen molar-refractivity contribution in [2.75, 3.05) is 5.75 Å². The first kappa shape index (κ1) is 11.3. The normalized spacial score (nSPS) is 15.2. The summed E-state index contributed by atoms with van der Waals surface area (Å²) in [7, 11) is 0. The van der Waals surface area contributed by atoms with Gasteiger partial charge in [-0.3, -0.25) is 9.59 Å². The van der Waals surface area contributed by atoms with E-state index in [-0.39, 0.29) is 18.6 Å². The van der Waals surface area contributed by atoms with Crippen molar-refractivity contribution >= 4 is 24.6 Å². The Morgan fingerprint density at radius 3 is 2.00 bits per heavy atom. The van der Waals surface area contributed by atoms with E-state index in [2.05, 4.69) is 12.6 Å². The molecule has 0 aliphatic carbocycles. The Morgan fingerprint density at radius 2 is 1.92 bits per heavy atom. The maximum Gasteiger partial charge on any atom is 0.311 e. The monoisotopic (exact) mass is 192 g/mol. The lowest BCUT2D eigenvalue weighted by atomic mass is 9.84. The summed E-state index contributed by atoms with van der Waals surface area (Å²) in [5, 5.41) is 17.2. The van der Waals surface area contributed by atoms with Gasteiger partial charge in [-0.15, -0.1) is 0 Å². The second kappa shape index (κ2) is 4.35. The van der Waals surface area contributed by atoms with Gasteiger partial charge in [-0.2, -0.15) is 12.6 Å². The van der Waals surface area contributed by atoms with Crippen molar-refractivity contribution in [3.63, 3.8) is 0 Å². The first-order valence-electron chi connectivity index (χ1n) is 3.54. The van der Waals surface area contributed by atoms with Gasteiger partial charge in [0, 0.05) is 5.75 Å². The van der Waals surface area contributed by atoms with Crippen LogP contribution in [0.5, 0.6) is 0 Å². The van der Waals surface area contributed by atoms with Gasteiger partial charge in [-0.05, 0) is 6.42 Å². The van der Waals surface area contributed by atoms with Crippen LogP contribution >= 0.6 is 12.6 Å². The lowest BCUT2D eigenvalue weighted by molar-refractivity contribution is -0.154. The molecule has 0 aliphatic heterocycles. The molecule has 0 spiro atoms. The minimum Gasteiger partial charge on any atom is -0.481 e. The minimum absolute atomic E-state index is 0.0468. The highest BCUT2D eigenvalue weighted by Crippen LogP contribution is 2.28. The number of aliphatic carboxylic acids is 2. The van der Waals surface area contributed by atoms with Crippen molar-refractivity contribution in [3.8, 4) is 0 Å². The molecule has 0 aromatic carbocycles. The van der Waals surface area contributed by atoms with Crippen LogP contribution in [0.1, 0.15) is 19.8 Å². The van der Waals surface area contributed by atoms with E-state index in [0.29, 0.717) is 0 Å². The van der Waals surface area contributed by atoms with Crippen LogP contribution in [0.2, 0.25) is 0 Å². The van der Waals surface area contributed by atoms with Crippen LogP contribution in [-0.4, -0.2) is 27.9 Å². The number of carboxylic acids is 2. The zero-order valence-electron chi connectivity index (χ0n) is 6.78. The molecule has 0 saturated carbocycles. The van der Waals surface area contributed by atoms with Gasteiger partial charge in [0.1, 0.15) is 0 Å². The molecule has 0 rings (SSSR count). The third-order valence-electron chi connectivity index (χ3n) is 1.92. The lowest BCUT2D eigenvalue weighted by Crippen LogP contribution is -2.34. The Morgan fingerprint density at radius 1 is 1.42 bits per heavy atom. The van der Waals surface area contributed by atoms with E-state index in [1.807, 2.05) is 0 Å². The third-order valence-corrected chi connectivity index (χ3v) is 2.53. The molecule has 2 N–H and O–H groups in total. The summed E-state index contributed by atoms with van der Waals surface area (Å²) in [6, 6.07) is 0. The Hall–Kier alpha value is -0.710. The molecule has 1 atom stereocenters. The van der Waals surface area contributed by atoms with Crippen LogP contribution in [0.25, 0.3) is 0 Å². The Bertz CT molecular complexity index is 186. The maximum absolute atomic E-state index is 10.7. The molecule has 0 fully saturated rings. The molecule has 1 unspecified atom stereocenters. The van der Waals surface area contributed by atoms with Gasteiger partial charge in [0.15, 0.2) is 0 Å². The largest absolute Gasteiger partial charge is 0.481 e. The molecule has 0 amide bonds. The number of carbonyl (C=O) groups is 2. The van der Waals surface area contributed by atoms with Gasteiger partial charge in [-0.25, -0.2) is 0 Å². The van der Waals surface area contributed by atoms with Gasteiger partial charge < -0.3 is 10.2 Å². The van der Waals surface area contributed by atoms with Crippen molar-refractivity contribution in [1.29, 1.82) is 0 Å². The maximum atomic E-state index is 10.7. The first-order valence-corrected chi connectivity index (χ1v) is 4.18. The predicted octanol–water partition coefficient (Wildman–Crippen LogP) is 0.872. The van der Waals surface area contributed by atoms with E-state index in [9.17, 15) is 9.59 Å². The molecule has 0 bridgehead atoms. The number of rotatable bonds is 5. The second-order valence-corrected chi connectivity index (χ2v) is 2.98. The Balaban J connectivity index is 4.58. The van der Waals surface area contributed by atoms with Gasteiger partial charge in [0.25, 0.3) is 0 Å². The van der Waals surface area contributed by atoms with Gasteiger partial charge >= 0.3 is 11.9 Å². The zero-order valence-corrected chi connectivity index (χ0v) is 7.67. The summed E-state index contributed by atoms with van der Waals surface area (Å²) in [5.41, 5.74) is -1.21. The number of carboxylic acid groups (broad SMARTS) is 2. The number of thiol groups is 1. The van der Waals surface area contributed by atoms with Crippen LogP contribution < -0.4 is 0 Å². The Labute approximate surface area is 76.0 Å². The van der Waals surface area contributed by atoms with E-state index < -0.39 is 17.4 Å². The smallest absolute Gasteiger partial charge is 0.311 e. The number of hydrogen-bond donors (Lipinski definition) is 3. The van der Waals surface area contributed by atoms with Crippen LogP contribution in [-0.2, 0) is 9.59 Å². The van der Waals surface area contributed by atoms with E-state index in [4.69, 9.17) is 10.2 Å². The van der Waals surface area contributed by atoms with E-state index in [0.717, 1.165) is 0 Å². The highest BCUT2D eigenvalue weighted by molar-refractivity contribution is 7.80. The summed E-state index contributed by atoms with van der Waals surface area (Å²) in [5.74, 6) is -2.15. The van der Waals surface area contributed by atoms with Crippen molar-refractivity contribution in [1.82, 2.24) is 0 Å². The van der Waals surface area contributed by atoms with Gasteiger partial charge in [0.2, 0.25) is 0 Å². The molecule has 4 nitrogen and oxygen atoms in total. The van der Waals surface area contributed by atoms with Crippen molar-refractivity contribution in [3.05, 3.63) is 0 Å². The minimum atomic E-state index is -1.21. The standard InChI is InChI=1S/C7H12O4S/c1-2-7(4-12,6(10)11)3-5(8)9/h12H,2-4H2,1H3,(H,8,9)(H,10,11). The summed E-state index contributed by atoms with van der Waals surface area (Å²) < 4.78 is 0. The van der Waals surface area contributed by atoms with Crippen LogP contribution in [0.15, 0.2) is 0 Å². The molecule has 0 aromatic rings. The predicted molar refractivity (Wildman–Crippen MR) is 46.5 cm³/mol. The van der Waals surface area contributed by atoms with E-state index in [1.165, 1.54) is 0 Å².